The second kappa shape index (κ2) is 14.6. The Morgan fingerprint density at radius 3 is 2.49 bits per heavy atom. The van der Waals surface area contributed by atoms with Gasteiger partial charge in [-0.1, -0.05) is 18.2 Å². The Bertz CT molecular complexity index is 1510. The number of methoxy groups -OCH3 is 1. The molecular weight excluding hydrogens is 556 g/mol. The second-order valence-corrected chi connectivity index (χ2v) is 9.80. The van der Waals surface area contributed by atoms with E-state index in [1.54, 1.807) is 36.7 Å². The highest BCUT2D eigenvalue weighted by Gasteiger charge is 2.19. The van der Waals surface area contributed by atoms with E-state index in [9.17, 15) is 8.78 Å². The Hall–Kier alpha value is -4.52. The van der Waals surface area contributed by atoms with Crippen molar-refractivity contribution in [1.82, 2.24) is 19.9 Å². The van der Waals surface area contributed by atoms with E-state index >= 15 is 0 Å². The number of pyridine rings is 1. The van der Waals surface area contributed by atoms with E-state index in [0.717, 1.165) is 36.6 Å². The van der Waals surface area contributed by atoms with E-state index in [-0.39, 0.29) is 36.0 Å². The standard InChI is InChI=1S/C31H33F2N7O3/c1-41-14-15-43-23-17-26(32)25(27(33)18-23)19-36-28-5-3-2-4-24(28)30(34)31-38-22(20-40-10-12-42-13-11-40)16-29(39-31)37-21-6-8-35-9-7-21/h2-9,16-18,34,36H,10-15,19-20H2,1H3,(H,35,37,38,39). The summed E-state index contributed by atoms with van der Waals surface area (Å²) in [7, 11) is 1.52. The van der Waals surface area contributed by atoms with Crippen molar-refractivity contribution < 1.29 is 23.0 Å². The zero-order chi connectivity index (χ0) is 30.0. The minimum absolute atomic E-state index is 0.0625. The van der Waals surface area contributed by atoms with E-state index < -0.39 is 11.6 Å². The quantitative estimate of drug-likeness (QED) is 0.150. The molecule has 0 atom stereocenters. The minimum atomic E-state index is -0.738. The normalized spacial score (nSPS) is 13.5. The van der Waals surface area contributed by atoms with Gasteiger partial charge in [-0.2, -0.15) is 0 Å². The Labute approximate surface area is 248 Å². The highest BCUT2D eigenvalue weighted by molar-refractivity contribution is 6.12. The topological polar surface area (TPSA) is 118 Å². The number of para-hydroxylation sites is 1. The monoisotopic (exact) mass is 589 g/mol. The van der Waals surface area contributed by atoms with Crippen LogP contribution in [0.5, 0.6) is 5.75 Å². The molecule has 1 aliphatic heterocycles. The van der Waals surface area contributed by atoms with Gasteiger partial charge in [-0.25, -0.2) is 18.7 Å². The van der Waals surface area contributed by atoms with Crippen LogP contribution in [0.2, 0.25) is 0 Å². The summed E-state index contributed by atoms with van der Waals surface area (Å²) in [6.07, 6.45) is 3.35. The minimum Gasteiger partial charge on any atom is -0.491 e. The van der Waals surface area contributed by atoms with Crippen LogP contribution in [0.15, 0.2) is 67.0 Å². The van der Waals surface area contributed by atoms with Crippen LogP contribution in [0, 0.1) is 17.0 Å². The van der Waals surface area contributed by atoms with Crippen molar-refractivity contribution in [3.05, 3.63) is 101 Å². The number of nitrogens with one attached hydrogen (secondary N) is 3. The molecular formula is C31H33F2N7O3. The highest BCUT2D eigenvalue weighted by atomic mass is 19.1. The van der Waals surface area contributed by atoms with Gasteiger partial charge < -0.3 is 24.8 Å². The molecule has 0 radical (unpaired) electrons. The summed E-state index contributed by atoms with van der Waals surface area (Å²) < 4.78 is 45.4. The van der Waals surface area contributed by atoms with Crippen LogP contribution in [-0.2, 0) is 22.6 Å². The van der Waals surface area contributed by atoms with Gasteiger partial charge in [0.05, 0.1) is 25.5 Å². The fourth-order valence-electron chi connectivity index (χ4n) is 4.56. The number of nitrogens with zero attached hydrogens (tertiary/aromatic N) is 4. The van der Waals surface area contributed by atoms with Gasteiger partial charge in [0.15, 0.2) is 5.82 Å². The molecule has 1 saturated heterocycles. The van der Waals surface area contributed by atoms with Crippen molar-refractivity contribution in [3.63, 3.8) is 0 Å². The number of rotatable bonds is 13. The number of benzene rings is 2. The molecule has 12 heteroatoms. The van der Waals surface area contributed by atoms with E-state index in [1.165, 1.54) is 7.11 Å². The zero-order valence-corrected chi connectivity index (χ0v) is 23.8. The molecule has 0 amide bonds. The molecule has 4 aromatic rings. The summed E-state index contributed by atoms with van der Waals surface area (Å²) in [4.78, 5) is 15.7. The van der Waals surface area contributed by atoms with Crippen LogP contribution in [0.25, 0.3) is 0 Å². The lowest BCUT2D eigenvalue weighted by Crippen LogP contribution is -2.36. The number of hydrogen-bond acceptors (Lipinski definition) is 10. The molecule has 224 valence electrons. The molecule has 3 N–H and O–H groups in total. The van der Waals surface area contributed by atoms with Crippen LogP contribution < -0.4 is 15.4 Å². The molecule has 2 aromatic heterocycles. The fourth-order valence-corrected chi connectivity index (χ4v) is 4.56. The first-order valence-corrected chi connectivity index (χ1v) is 13.9. The summed E-state index contributed by atoms with van der Waals surface area (Å²) >= 11 is 0. The van der Waals surface area contributed by atoms with Gasteiger partial charge in [-0.05, 0) is 18.2 Å². The summed E-state index contributed by atoms with van der Waals surface area (Å²) in [6, 6.07) is 14.9. The molecule has 5 rings (SSSR count). The van der Waals surface area contributed by atoms with Gasteiger partial charge in [-0.3, -0.25) is 15.3 Å². The smallest absolute Gasteiger partial charge is 0.180 e. The van der Waals surface area contributed by atoms with Gasteiger partial charge in [0.1, 0.15) is 35.5 Å². The number of anilines is 3. The van der Waals surface area contributed by atoms with E-state index in [4.69, 9.17) is 24.6 Å². The Morgan fingerprint density at radius 1 is 1.00 bits per heavy atom. The van der Waals surface area contributed by atoms with Crippen molar-refractivity contribution in [2.24, 2.45) is 0 Å². The van der Waals surface area contributed by atoms with Crippen LogP contribution in [0.1, 0.15) is 22.6 Å². The number of halogens is 2. The number of hydrogen-bond donors (Lipinski definition) is 3. The largest absolute Gasteiger partial charge is 0.491 e. The van der Waals surface area contributed by atoms with Crippen molar-refractivity contribution in [2.45, 2.75) is 13.1 Å². The summed E-state index contributed by atoms with van der Waals surface area (Å²) in [6.45, 7) is 3.77. The molecule has 0 aliphatic carbocycles. The van der Waals surface area contributed by atoms with Crippen molar-refractivity contribution >= 4 is 22.9 Å². The number of ether oxygens (including phenoxy) is 3. The second-order valence-electron chi connectivity index (χ2n) is 9.80. The number of morpholine rings is 1. The first-order chi connectivity index (χ1) is 21.0. The van der Waals surface area contributed by atoms with Crippen molar-refractivity contribution in [3.8, 4) is 5.75 Å². The van der Waals surface area contributed by atoms with E-state index in [0.29, 0.717) is 43.4 Å². The third-order valence-corrected chi connectivity index (χ3v) is 6.77. The van der Waals surface area contributed by atoms with Gasteiger partial charge in [0.25, 0.3) is 0 Å². The first-order valence-electron chi connectivity index (χ1n) is 13.9. The first kappa shape index (κ1) is 30.0. The SMILES string of the molecule is COCCOc1cc(F)c(CNc2ccccc2C(=N)c2nc(CN3CCOCC3)cc(Nc3ccncc3)n2)c(F)c1. The predicted molar refractivity (Wildman–Crippen MR) is 159 cm³/mol. The van der Waals surface area contributed by atoms with Gasteiger partial charge in [0.2, 0.25) is 0 Å². The summed E-state index contributed by atoms with van der Waals surface area (Å²) in [5.74, 6) is -0.641. The van der Waals surface area contributed by atoms with Gasteiger partial charge >= 0.3 is 0 Å². The zero-order valence-electron chi connectivity index (χ0n) is 23.8. The van der Waals surface area contributed by atoms with E-state index in [1.807, 2.05) is 18.2 Å². The number of aromatic nitrogens is 3. The molecule has 0 spiro atoms. The molecule has 1 fully saturated rings. The lowest BCUT2D eigenvalue weighted by molar-refractivity contribution is 0.0336. The molecule has 0 saturated carbocycles. The maximum Gasteiger partial charge on any atom is 0.180 e. The van der Waals surface area contributed by atoms with Crippen LogP contribution in [0.4, 0.5) is 26.0 Å². The lowest BCUT2D eigenvalue weighted by atomic mass is 10.1. The molecule has 0 unspecified atom stereocenters. The van der Waals surface area contributed by atoms with Gasteiger partial charge in [-0.15, -0.1) is 0 Å². The average molecular weight is 590 g/mol. The molecule has 2 aromatic carbocycles. The highest BCUT2D eigenvalue weighted by Crippen LogP contribution is 2.25. The predicted octanol–water partition coefficient (Wildman–Crippen LogP) is 4.78. The average Bonchev–Trinajstić information content (AvgIpc) is 3.01. The molecule has 43 heavy (non-hydrogen) atoms. The van der Waals surface area contributed by atoms with Crippen LogP contribution in [0.3, 0.4) is 0 Å². The lowest BCUT2D eigenvalue weighted by Gasteiger charge is -2.26. The Kier molecular flexibility index (Phi) is 10.2. The van der Waals surface area contributed by atoms with E-state index in [2.05, 4.69) is 25.5 Å². The third-order valence-electron chi connectivity index (χ3n) is 6.77. The summed E-state index contributed by atoms with van der Waals surface area (Å²) in [5.41, 5.74) is 2.46. The molecule has 1 aliphatic rings. The van der Waals surface area contributed by atoms with Crippen LogP contribution >= 0.6 is 0 Å². The van der Waals surface area contributed by atoms with Crippen LogP contribution in [-0.4, -0.2) is 72.2 Å². The summed E-state index contributed by atoms with van der Waals surface area (Å²) in [5, 5.41) is 15.4. The van der Waals surface area contributed by atoms with Crippen molar-refractivity contribution in [1.29, 1.82) is 5.41 Å². The maximum absolute atomic E-state index is 14.8. The van der Waals surface area contributed by atoms with Crippen molar-refractivity contribution in [2.75, 3.05) is 57.3 Å². The Morgan fingerprint density at radius 2 is 1.74 bits per heavy atom. The molecule has 0 bridgehead atoms. The molecule has 3 heterocycles. The molecule has 10 nitrogen and oxygen atoms in total. The maximum atomic E-state index is 14.8. The van der Waals surface area contributed by atoms with Gasteiger partial charge in [0, 0.05) is 86.4 Å². The Balaban J connectivity index is 1.38. The third kappa shape index (κ3) is 8.07. The fraction of sp³-hybridized carbons (Fsp3) is 0.290.